The Bertz CT molecular complexity index is 885. The summed E-state index contributed by atoms with van der Waals surface area (Å²) in [5.74, 6) is -0.335. The number of para-hydroxylation sites is 1. The van der Waals surface area contributed by atoms with Crippen molar-refractivity contribution in [2.24, 2.45) is 0 Å². The van der Waals surface area contributed by atoms with Crippen molar-refractivity contribution in [2.75, 3.05) is 6.54 Å². The first-order valence-corrected chi connectivity index (χ1v) is 8.19. The fourth-order valence-electron chi connectivity index (χ4n) is 2.42. The highest BCUT2D eigenvalue weighted by Gasteiger charge is 2.09. The Labute approximate surface area is 138 Å². The van der Waals surface area contributed by atoms with Gasteiger partial charge in [0.15, 0.2) is 0 Å². The minimum absolute atomic E-state index is 0.127. The number of H-pyrrole nitrogens is 1. The predicted molar refractivity (Wildman–Crippen MR) is 92.9 cm³/mol. The lowest BCUT2D eigenvalue weighted by molar-refractivity contribution is -0.117. The van der Waals surface area contributed by atoms with Crippen molar-refractivity contribution in [1.29, 1.82) is 5.26 Å². The molecule has 0 bridgehead atoms. The standard InChI is InChI=1S/C18H15N3OS/c19-10-15(9-13-6-8-23-12-13)18(22)20-7-5-14-11-21-17-4-2-1-3-16(14)17/h1-4,6,8-9,11-12,21H,5,7H2,(H,20,22)/b15-9+. The van der Waals surface area contributed by atoms with Crippen LogP contribution in [0, 0.1) is 11.3 Å². The van der Waals surface area contributed by atoms with E-state index in [4.69, 9.17) is 5.26 Å². The number of rotatable bonds is 5. The number of nitrogens with one attached hydrogen (secondary N) is 2. The number of aromatic nitrogens is 1. The van der Waals surface area contributed by atoms with Gasteiger partial charge in [0.1, 0.15) is 11.6 Å². The molecule has 2 heterocycles. The van der Waals surface area contributed by atoms with Crippen molar-refractivity contribution >= 4 is 34.2 Å². The van der Waals surface area contributed by atoms with E-state index in [1.807, 2.05) is 47.3 Å². The molecule has 0 radical (unpaired) electrons. The topological polar surface area (TPSA) is 68.7 Å². The monoisotopic (exact) mass is 321 g/mol. The number of nitrogens with zero attached hydrogens (tertiary/aromatic N) is 1. The van der Waals surface area contributed by atoms with Crippen molar-refractivity contribution in [3.05, 3.63) is 64.0 Å². The van der Waals surface area contributed by atoms with Crippen LogP contribution in [0.15, 0.2) is 52.9 Å². The largest absolute Gasteiger partial charge is 0.361 e. The van der Waals surface area contributed by atoms with Crippen LogP contribution in [0.3, 0.4) is 0 Å². The zero-order chi connectivity index (χ0) is 16.1. The number of hydrogen-bond donors (Lipinski definition) is 2. The molecular formula is C18H15N3OS. The lowest BCUT2D eigenvalue weighted by atomic mass is 10.1. The third kappa shape index (κ3) is 3.50. The molecule has 0 saturated heterocycles. The van der Waals surface area contributed by atoms with Gasteiger partial charge in [-0.2, -0.15) is 16.6 Å². The molecule has 0 aliphatic heterocycles. The van der Waals surface area contributed by atoms with Crippen molar-refractivity contribution in [1.82, 2.24) is 10.3 Å². The van der Waals surface area contributed by atoms with Crippen LogP contribution in [-0.2, 0) is 11.2 Å². The molecule has 0 atom stereocenters. The molecule has 0 unspecified atom stereocenters. The van der Waals surface area contributed by atoms with E-state index in [0.29, 0.717) is 13.0 Å². The Kier molecular flexibility index (Phi) is 4.55. The molecule has 1 aromatic carbocycles. The maximum atomic E-state index is 12.1. The van der Waals surface area contributed by atoms with E-state index < -0.39 is 0 Å². The Hall–Kier alpha value is -2.84. The molecule has 0 aliphatic rings. The van der Waals surface area contributed by atoms with Crippen molar-refractivity contribution in [2.45, 2.75) is 6.42 Å². The van der Waals surface area contributed by atoms with Crippen LogP contribution in [0.4, 0.5) is 0 Å². The van der Waals surface area contributed by atoms with E-state index in [-0.39, 0.29) is 11.5 Å². The highest BCUT2D eigenvalue weighted by atomic mass is 32.1. The lowest BCUT2D eigenvalue weighted by Gasteiger charge is -2.03. The van der Waals surface area contributed by atoms with Crippen LogP contribution in [0.1, 0.15) is 11.1 Å². The summed E-state index contributed by atoms with van der Waals surface area (Å²) in [5.41, 5.74) is 3.24. The van der Waals surface area contributed by atoms with Crippen molar-refractivity contribution in [3.8, 4) is 6.07 Å². The first kappa shape index (κ1) is 15.1. The summed E-state index contributed by atoms with van der Waals surface area (Å²) >= 11 is 1.53. The average molecular weight is 321 g/mol. The van der Waals surface area contributed by atoms with E-state index in [1.165, 1.54) is 11.3 Å². The van der Waals surface area contributed by atoms with Crippen LogP contribution in [0.5, 0.6) is 0 Å². The van der Waals surface area contributed by atoms with E-state index in [1.54, 1.807) is 6.08 Å². The van der Waals surface area contributed by atoms with Gasteiger partial charge in [-0.05, 0) is 46.5 Å². The minimum Gasteiger partial charge on any atom is -0.361 e. The number of aromatic amines is 1. The Morgan fingerprint density at radius 2 is 2.22 bits per heavy atom. The van der Waals surface area contributed by atoms with Gasteiger partial charge in [-0.3, -0.25) is 4.79 Å². The molecule has 23 heavy (non-hydrogen) atoms. The number of thiophene rings is 1. The molecular weight excluding hydrogens is 306 g/mol. The van der Waals surface area contributed by atoms with Crippen LogP contribution >= 0.6 is 11.3 Å². The molecule has 0 aliphatic carbocycles. The summed E-state index contributed by atoms with van der Waals surface area (Å²) in [5, 5.41) is 16.9. The Balaban J connectivity index is 1.62. The van der Waals surface area contributed by atoms with Gasteiger partial charge < -0.3 is 10.3 Å². The van der Waals surface area contributed by atoms with Gasteiger partial charge >= 0.3 is 0 Å². The van der Waals surface area contributed by atoms with Crippen LogP contribution in [-0.4, -0.2) is 17.4 Å². The predicted octanol–water partition coefficient (Wildman–Crippen LogP) is 3.50. The average Bonchev–Trinajstić information content (AvgIpc) is 3.22. The molecule has 3 rings (SSSR count). The molecule has 5 heteroatoms. The van der Waals surface area contributed by atoms with Gasteiger partial charge in [-0.25, -0.2) is 0 Å². The van der Waals surface area contributed by atoms with E-state index >= 15 is 0 Å². The molecule has 0 fully saturated rings. The van der Waals surface area contributed by atoms with Gasteiger partial charge in [-0.15, -0.1) is 0 Å². The molecule has 0 saturated carbocycles. The zero-order valence-corrected chi connectivity index (χ0v) is 13.2. The number of nitriles is 1. The summed E-state index contributed by atoms with van der Waals surface area (Å²) in [7, 11) is 0. The smallest absolute Gasteiger partial charge is 0.261 e. The summed E-state index contributed by atoms with van der Waals surface area (Å²) in [4.78, 5) is 15.3. The fraction of sp³-hybridized carbons (Fsp3) is 0.111. The van der Waals surface area contributed by atoms with Gasteiger partial charge in [0.25, 0.3) is 5.91 Å². The first-order valence-electron chi connectivity index (χ1n) is 7.25. The third-order valence-corrected chi connectivity index (χ3v) is 4.28. The molecule has 3 aromatic rings. The highest BCUT2D eigenvalue weighted by Crippen LogP contribution is 2.17. The third-order valence-electron chi connectivity index (χ3n) is 3.57. The summed E-state index contributed by atoms with van der Waals surface area (Å²) < 4.78 is 0. The maximum absolute atomic E-state index is 12.1. The number of benzene rings is 1. The zero-order valence-electron chi connectivity index (χ0n) is 12.4. The number of carbonyl (C=O) groups is 1. The molecule has 0 spiro atoms. The van der Waals surface area contributed by atoms with Crippen molar-refractivity contribution < 1.29 is 4.79 Å². The second-order valence-electron chi connectivity index (χ2n) is 5.09. The molecule has 2 aromatic heterocycles. The molecule has 114 valence electrons. The maximum Gasteiger partial charge on any atom is 0.261 e. The lowest BCUT2D eigenvalue weighted by Crippen LogP contribution is -2.26. The Morgan fingerprint density at radius 3 is 3.00 bits per heavy atom. The molecule has 1 amide bonds. The summed E-state index contributed by atoms with van der Waals surface area (Å²) in [6.45, 7) is 0.489. The fourth-order valence-corrected chi connectivity index (χ4v) is 3.03. The quantitative estimate of drug-likeness (QED) is 0.558. The normalized spacial score (nSPS) is 11.3. The summed E-state index contributed by atoms with van der Waals surface area (Å²) in [6, 6.07) is 11.9. The van der Waals surface area contributed by atoms with Crippen molar-refractivity contribution in [3.63, 3.8) is 0 Å². The summed E-state index contributed by atoms with van der Waals surface area (Å²) in [6.07, 6.45) is 4.29. The highest BCUT2D eigenvalue weighted by molar-refractivity contribution is 7.08. The minimum atomic E-state index is -0.335. The second-order valence-corrected chi connectivity index (χ2v) is 5.87. The first-order chi connectivity index (χ1) is 11.3. The van der Waals surface area contributed by atoms with Gasteiger partial charge in [0, 0.05) is 23.6 Å². The van der Waals surface area contributed by atoms with Gasteiger partial charge in [0.2, 0.25) is 0 Å². The van der Waals surface area contributed by atoms with Crippen LogP contribution in [0.25, 0.3) is 17.0 Å². The second kappa shape index (κ2) is 6.95. The van der Waals surface area contributed by atoms with E-state index in [2.05, 4.69) is 16.4 Å². The SMILES string of the molecule is N#C/C(=C\c1ccsc1)C(=O)NCCc1c[nH]c2ccccc12. The van der Waals surface area contributed by atoms with Gasteiger partial charge in [0.05, 0.1) is 0 Å². The number of carbonyl (C=O) groups excluding carboxylic acids is 1. The molecule has 2 N–H and O–H groups in total. The number of hydrogen-bond acceptors (Lipinski definition) is 3. The van der Waals surface area contributed by atoms with E-state index in [0.717, 1.165) is 22.0 Å². The van der Waals surface area contributed by atoms with Crippen LogP contribution in [0.2, 0.25) is 0 Å². The number of amides is 1. The van der Waals surface area contributed by atoms with E-state index in [9.17, 15) is 4.79 Å². The van der Waals surface area contributed by atoms with Crippen LogP contribution < -0.4 is 5.32 Å². The van der Waals surface area contributed by atoms with Gasteiger partial charge in [-0.1, -0.05) is 18.2 Å². The number of fused-ring (bicyclic) bond motifs is 1. The Morgan fingerprint density at radius 1 is 1.35 bits per heavy atom. The molecule has 4 nitrogen and oxygen atoms in total.